The fourth-order valence-corrected chi connectivity index (χ4v) is 2.73. The average molecular weight is 278 g/mol. The monoisotopic (exact) mass is 278 g/mol. The van der Waals surface area contributed by atoms with Crippen molar-refractivity contribution in [1.82, 2.24) is 10.2 Å². The van der Waals surface area contributed by atoms with Gasteiger partial charge in [-0.2, -0.15) is 0 Å². The van der Waals surface area contributed by atoms with Gasteiger partial charge in [-0.3, -0.25) is 4.90 Å². The van der Waals surface area contributed by atoms with E-state index in [2.05, 4.69) is 10.2 Å². The van der Waals surface area contributed by atoms with Gasteiger partial charge in [0.25, 0.3) is 0 Å². The Morgan fingerprint density at radius 3 is 2.50 bits per heavy atom. The largest absolute Gasteiger partial charge is 0.379 e. The van der Waals surface area contributed by atoms with Crippen molar-refractivity contribution in [1.29, 1.82) is 0 Å². The molecular weight excluding hydrogens is 252 g/mol. The molecule has 5 nitrogen and oxygen atoms in total. The highest BCUT2D eigenvalue weighted by Gasteiger charge is 2.14. The Kier molecular flexibility index (Phi) is 7.14. The highest BCUT2D eigenvalue weighted by molar-refractivity contribution is 7.92. The highest BCUT2D eigenvalue weighted by atomic mass is 32.2. The van der Waals surface area contributed by atoms with Gasteiger partial charge in [-0.15, -0.1) is 0 Å². The number of sulfone groups is 1. The van der Waals surface area contributed by atoms with Crippen LogP contribution in [0.2, 0.25) is 0 Å². The van der Waals surface area contributed by atoms with Crippen LogP contribution in [-0.4, -0.2) is 70.3 Å². The molecule has 0 spiro atoms. The Hall–Kier alpha value is -0.170. The first kappa shape index (κ1) is 15.9. The molecule has 1 N–H and O–H groups in total. The van der Waals surface area contributed by atoms with Crippen molar-refractivity contribution < 1.29 is 13.2 Å². The predicted octanol–water partition coefficient (Wildman–Crippen LogP) is 0.122. The van der Waals surface area contributed by atoms with Crippen LogP contribution in [0.4, 0.5) is 0 Å². The van der Waals surface area contributed by atoms with E-state index in [-0.39, 0.29) is 11.0 Å². The summed E-state index contributed by atoms with van der Waals surface area (Å²) < 4.78 is 28.4. The van der Waals surface area contributed by atoms with Gasteiger partial charge in [-0.1, -0.05) is 0 Å². The highest BCUT2D eigenvalue weighted by Crippen LogP contribution is 1.99. The van der Waals surface area contributed by atoms with Crippen LogP contribution in [0, 0.1) is 0 Å². The molecule has 18 heavy (non-hydrogen) atoms. The molecule has 1 heterocycles. The molecule has 1 aliphatic rings. The van der Waals surface area contributed by atoms with E-state index < -0.39 is 9.84 Å². The number of rotatable bonds is 8. The topological polar surface area (TPSA) is 58.6 Å². The first-order valence-electron chi connectivity index (χ1n) is 6.75. The van der Waals surface area contributed by atoms with Gasteiger partial charge in [-0.05, 0) is 33.4 Å². The zero-order valence-corrected chi connectivity index (χ0v) is 12.3. The summed E-state index contributed by atoms with van der Waals surface area (Å²) in [6, 6.07) is 0. The zero-order valence-electron chi connectivity index (χ0n) is 11.5. The Labute approximate surface area is 111 Å². The van der Waals surface area contributed by atoms with Crippen molar-refractivity contribution in [3.05, 3.63) is 0 Å². The van der Waals surface area contributed by atoms with Gasteiger partial charge >= 0.3 is 0 Å². The second-order valence-corrected chi connectivity index (χ2v) is 7.65. The number of hydrogen-bond acceptors (Lipinski definition) is 5. The van der Waals surface area contributed by atoms with Crippen LogP contribution in [0.15, 0.2) is 0 Å². The van der Waals surface area contributed by atoms with Gasteiger partial charge in [0.2, 0.25) is 0 Å². The minimum atomic E-state index is -2.90. The predicted molar refractivity (Wildman–Crippen MR) is 73.7 cm³/mol. The van der Waals surface area contributed by atoms with E-state index in [9.17, 15) is 8.42 Å². The van der Waals surface area contributed by atoms with Crippen LogP contribution in [0.1, 0.15) is 20.3 Å². The third-order valence-corrected chi connectivity index (χ3v) is 5.42. The number of nitrogens with one attached hydrogen (secondary N) is 1. The van der Waals surface area contributed by atoms with E-state index in [1.807, 2.05) is 0 Å². The first-order chi connectivity index (χ1) is 8.52. The SMILES string of the molecule is CC(C)S(=O)(=O)CCNCCCN1CCOCC1. The summed E-state index contributed by atoms with van der Waals surface area (Å²) in [5, 5.41) is 2.93. The fraction of sp³-hybridized carbons (Fsp3) is 1.00. The summed E-state index contributed by atoms with van der Waals surface area (Å²) in [7, 11) is -2.90. The van der Waals surface area contributed by atoms with Crippen LogP contribution in [0.5, 0.6) is 0 Å². The summed E-state index contributed by atoms with van der Waals surface area (Å²) in [6.45, 7) is 9.66. The number of hydrogen-bond donors (Lipinski definition) is 1. The van der Waals surface area contributed by atoms with Crippen LogP contribution in [0.3, 0.4) is 0 Å². The molecule has 0 saturated carbocycles. The summed E-state index contributed by atoms with van der Waals surface area (Å²) >= 11 is 0. The van der Waals surface area contributed by atoms with Gasteiger partial charge in [0.1, 0.15) is 0 Å². The second-order valence-electron chi connectivity index (χ2n) is 4.97. The smallest absolute Gasteiger partial charge is 0.153 e. The standard InChI is InChI=1S/C12H26N2O3S/c1-12(2)18(15,16)11-5-13-4-3-6-14-7-9-17-10-8-14/h12-13H,3-11H2,1-2H3. The van der Waals surface area contributed by atoms with Gasteiger partial charge in [0.15, 0.2) is 9.84 Å². The van der Waals surface area contributed by atoms with Crippen LogP contribution < -0.4 is 5.32 Å². The lowest BCUT2D eigenvalue weighted by molar-refractivity contribution is 0.0375. The van der Waals surface area contributed by atoms with E-state index >= 15 is 0 Å². The summed E-state index contributed by atoms with van der Waals surface area (Å²) in [5.74, 6) is 0.238. The third-order valence-electron chi connectivity index (χ3n) is 3.21. The minimum absolute atomic E-state index is 0.238. The third kappa shape index (κ3) is 6.13. The van der Waals surface area contributed by atoms with Crippen molar-refractivity contribution in [3.8, 4) is 0 Å². The molecule has 0 aromatic carbocycles. The van der Waals surface area contributed by atoms with Crippen molar-refractivity contribution in [2.75, 3.05) is 51.7 Å². The molecule has 1 fully saturated rings. The molecule has 0 aliphatic carbocycles. The summed E-state index contributed by atoms with van der Waals surface area (Å²) in [4.78, 5) is 2.38. The molecule has 1 rings (SSSR count). The van der Waals surface area contributed by atoms with Crippen LogP contribution >= 0.6 is 0 Å². The lowest BCUT2D eigenvalue weighted by atomic mass is 10.3. The molecular formula is C12H26N2O3S. The number of ether oxygens (including phenoxy) is 1. The molecule has 0 atom stereocenters. The molecule has 0 bridgehead atoms. The van der Waals surface area contributed by atoms with Crippen LogP contribution in [0.25, 0.3) is 0 Å². The quantitative estimate of drug-likeness (QED) is 0.639. The number of morpholine rings is 1. The fourth-order valence-electron chi connectivity index (χ4n) is 1.83. The maximum absolute atomic E-state index is 11.5. The molecule has 1 aliphatic heterocycles. The van der Waals surface area contributed by atoms with E-state index in [0.29, 0.717) is 6.54 Å². The van der Waals surface area contributed by atoms with Crippen molar-refractivity contribution in [2.24, 2.45) is 0 Å². The molecule has 6 heteroatoms. The normalized spacial score (nSPS) is 18.4. The minimum Gasteiger partial charge on any atom is -0.379 e. The zero-order chi connectivity index (χ0) is 13.4. The molecule has 0 radical (unpaired) electrons. The lowest BCUT2D eigenvalue weighted by Gasteiger charge is -2.26. The van der Waals surface area contributed by atoms with Crippen molar-refractivity contribution in [2.45, 2.75) is 25.5 Å². The number of nitrogens with zero attached hydrogens (tertiary/aromatic N) is 1. The molecule has 0 aromatic heterocycles. The maximum Gasteiger partial charge on any atom is 0.153 e. The van der Waals surface area contributed by atoms with E-state index in [4.69, 9.17) is 4.74 Å². The van der Waals surface area contributed by atoms with E-state index in [1.54, 1.807) is 13.8 Å². The average Bonchev–Trinajstić information content (AvgIpc) is 2.34. The summed E-state index contributed by atoms with van der Waals surface area (Å²) in [6.07, 6.45) is 1.06. The van der Waals surface area contributed by atoms with Crippen LogP contribution in [-0.2, 0) is 14.6 Å². The summed E-state index contributed by atoms with van der Waals surface area (Å²) in [5.41, 5.74) is 0. The van der Waals surface area contributed by atoms with Crippen molar-refractivity contribution >= 4 is 9.84 Å². The molecule has 1 saturated heterocycles. The Bertz CT molecular complexity index is 311. The second kappa shape index (κ2) is 8.09. The molecule has 108 valence electrons. The van der Waals surface area contributed by atoms with Gasteiger partial charge in [0.05, 0.1) is 24.2 Å². The molecule has 0 amide bonds. The van der Waals surface area contributed by atoms with Gasteiger partial charge < -0.3 is 10.1 Å². The van der Waals surface area contributed by atoms with Gasteiger partial charge in [-0.25, -0.2) is 8.42 Å². The first-order valence-corrected chi connectivity index (χ1v) is 8.46. The molecule has 0 unspecified atom stereocenters. The van der Waals surface area contributed by atoms with E-state index in [0.717, 1.165) is 45.8 Å². The van der Waals surface area contributed by atoms with Crippen molar-refractivity contribution in [3.63, 3.8) is 0 Å². The van der Waals surface area contributed by atoms with Gasteiger partial charge in [0, 0.05) is 19.6 Å². The van der Waals surface area contributed by atoms with E-state index in [1.165, 1.54) is 0 Å². The Morgan fingerprint density at radius 1 is 1.22 bits per heavy atom. The molecule has 0 aromatic rings. The Balaban J connectivity index is 1.98. The lowest BCUT2D eigenvalue weighted by Crippen LogP contribution is -2.38. The Morgan fingerprint density at radius 2 is 1.89 bits per heavy atom. The maximum atomic E-state index is 11.5.